The third kappa shape index (κ3) is 3.62. The van der Waals surface area contributed by atoms with Gasteiger partial charge in [0.2, 0.25) is 10.0 Å². The molecule has 0 radical (unpaired) electrons. The zero-order chi connectivity index (χ0) is 15.7. The molecule has 0 atom stereocenters. The van der Waals surface area contributed by atoms with Crippen LogP contribution < -0.4 is 10.0 Å². The van der Waals surface area contributed by atoms with Crippen LogP contribution in [0.5, 0.6) is 0 Å². The molecule has 2 N–H and O–H groups in total. The molecular weight excluding hydrogens is 291 g/mol. The SMILES string of the molecule is CNCc1cc(F)c(C)c(S(=O)(=O)NC2(C)CCCC2)c1. The van der Waals surface area contributed by atoms with E-state index < -0.39 is 21.4 Å². The van der Waals surface area contributed by atoms with Gasteiger partial charge in [0.05, 0.1) is 4.90 Å². The normalized spacial score (nSPS) is 18.1. The number of benzene rings is 1. The van der Waals surface area contributed by atoms with Gasteiger partial charge in [0.1, 0.15) is 5.82 Å². The van der Waals surface area contributed by atoms with Crippen LogP contribution in [0.1, 0.15) is 43.7 Å². The van der Waals surface area contributed by atoms with Crippen LogP contribution in [0.25, 0.3) is 0 Å². The highest BCUT2D eigenvalue weighted by Gasteiger charge is 2.34. The highest BCUT2D eigenvalue weighted by atomic mass is 32.2. The summed E-state index contributed by atoms with van der Waals surface area (Å²) in [5, 5.41) is 2.91. The van der Waals surface area contributed by atoms with Crippen molar-refractivity contribution in [3.8, 4) is 0 Å². The Morgan fingerprint density at radius 3 is 2.48 bits per heavy atom. The topological polar surface area (TPSA) is 58.2 Å². The maximum Gasteiger partial charge on any atom is 0.241 e. The van der Waals surface area contributed by atoms with Gasteiger partial charge in [-0.2, -0.15) is 0 Å². The van der Waals surface area contributed by atoms with Gasteiger partial charge in [0.15, 0.2) is 0 Å². The van der Waals surface area contributed by atoms with Gasteiger partial charge in [-0.3, -0.25) is 0 Å². The highest BCUT2D eigenvalue weighted by Crippen LogP contribution is 2.31. The van der Waals surface area contributed by atoms with Crippen molar-refractivity contribution in [1.82, 2.24) is 10.0 Å². The molecule has 0 aromatic heterocycles. The van der Waals surface area contributed by atoms with E-state index in [0.29, 0.717) is 12.1 Å². The third-order valence-electron chi connectivity index (χ3n) is 4.11. The molecule has 0 spiro atoms. The van der Waals surface area contributed by atoms with Crippen molar-refractivity contribution >= 4 is 10.0 Å². The summed E-state index contributed by atoms with van der Waals surface area (Å²) >= 11 is 0. The van der Waals surface area contributed by atoms with Gasteiger partial charge < -0.3 is 5.32 Å². The number of hydrogen-bond donors (Lipinski definition) is 2. The Hall–Kier alpha value is -0.980. The molecule has 0 saturated heterocycles. The van der Waals surface area contributed by atoms with Crippen LogP contribution in [-0.2, 0) is 16.6 Å². The van der Waals surface area contributed by atoms with Crippen LogP contribution in [0, 0.1) is 12.7 Å². The fraction of sp³-hybridized carbons (Fsp3) is 0.600. The molecule has 0 amide bonds. The minimum atomic E-state index is -3.71. The monoisotopic (exact) mass is 314 g/mol. The molecule has 2 rings (SSSR count). The first kappa shape index (κ1) is 16.4. The second-order valence-corrected chi connectivity index (χ2v) is 7.76. The Morgan fingerprint density at radius 1 is 1.29 bits per heavy atom. The Bertz CT molecular complexity index is 623. The van der Waals surface area contributed by atoms with Crippen molar-refractivity contribution in [2.75, 3.05) is 7.05 Å². The van der Waals surface area contributed by atoms with Crippen molar-refractivity contribution < 1.29 is 12.8 Å². The largest absolute Gasteiger partial charge is 0.316 e. The molecule has 1 aliphatic rings. The van der Waals surface area contributed by atoms with Gasteiger partial charge in [-0.1, -0.05) is 12.8 Å². The molecule has 0 unspecified atom stereocenters. The molecule has 1 saturated carbocycles. The number of hydrogen-bond acceptors (Lipinski definition) is 3. The van der Waals surface area contributed by atoms with Gasteiger partial charge in [-0.15, -0.1) is 0 Å². The maximum absolute atomic E-state index is 14.0. The third-order valence-corrected chi connectivity index (χ3v) is 5.88. The predicted octanol–water partition coefficient (Wildman–Crippen LogP) is 2.46. The summed E-state index contributed by atoms with van der Waals surface area (Å²) in [7, 11) is -1.97. The van der Waals surface area contributed by atoms with E-state index in [1.807, 2.05) is 6.92 Å². The fourth-order valence-corrected chi connectivity index (χ4v) is 4.70. The second kappa shape index (κ2) is 6.02. The summed E-state index contributed by atoms with van der Waals surface area (Å²) in [5.74, 6) is -0.486. The van der Waals surface area contributed by atoms with E-state index in [9.17, 15) is 12.8 Å². The number of halogens is 1. The van der Waals surface area contributed by atoms with E-state index in [0.717, 1.165) is 25.7 Å². The van der Waals surface area contributed by atoms with E-state index in [-0.39, 0.29) is 10.5 Å². The Balaban J connectivity index is 2.39. The molecule has 1 aromatic rings. The molecule has 1 fully saturated rings. The highest BCUT2D eigenvalue weighted by molar-refractivity contribution is 7.89. The van der Waals surface area contributed by atoms with Gasteiger partial charge in [-0.05, 0) is 51.4 Å². The maximum atomic E-state index is 14.0. The summed E-state index contributed by atoms with van der Waals surface area (Å²) in [5.41, 5.74) is 0.377. The molecule has 21 heavy (non-hydrogen) atoms. The summed E-state index contributed by atoms with van der Waals surface area (Å²) in [6, 6.07) is 2.93. The van der Waals surface area contributed by atoms with Crippen LogP contribution in [0.3, 0.4) is 0 Å². The summed E-state index contributed by atoms with van der Waals surface area (Å²) in [4.78, 5) is 0.0425. The predicted molar refractivity (Wildman–Crippen MR) is 81.1 cm³/mol. The number of rotatable bonds is 5. The van der Waals surface area contributed by atoms with E-state index in [2.05, 4.69) is 10.0 Å². The van der Waals surface area contributed by atoms with Crippen LogP contribution in [-0.4, -0.2) is 21.0 Å². The first-order valence-corrected chi connectivity index (χ1v) is 8.73. The lowest BCUT2D eigenvalue weighted by atomic mass is 10.0. The molecule has 4 nitrogen and oxygen atoms in total. The van der Waals surface area contributed by atoms with Gasteiger partial charge in [0, 0.05) is 17.6 Å². The standard InChI is InChI=1S/C15H23FN2O2S/c1-11-13(16)8-12(10-17-3)9-14(11)21(19,20)18-15(2)6-4-5-7-15/h8-9,17-18H,4-7,10H2,1-3H3. The van der Waals surface area contributed by atoms with E-state index >= 15 is 0 Å². The molecule has 0 heterocycles. The summed E-state index contributed by atoms with van der Waals surface area (Å²) in [6.45, 7) is 3.85. The van der Waals surface area contributed by atoms with Crippen LogP contribution in [0.4, 0.5) is 4.39 Å². The first-order chi connectivity index (χ1) is 9.77. The lowest BCUT2D eigenvalue weighted by Crippen LogP contribution is -2.43. The Morgan fingerprint density at radius 2 is 1.90 bits per heavy atom. The molecule has 0 aliphatic heterocycles. The van der Waals surface area contributed by atoms with Crippen molar-refractivity contribution in [2.24, 2.45) is 0 Å². The van der Waals surface area contributed by atoms with Crippen molar-refractivity contribution in [2.45, 2.75) is 56.5 Å². The molecular formula is C15H23FN2O2S. The van der Waals surface area contributed by atoms with Crippen molar-refractivity contribution in [3.63, 3.8) is 0 Å². The quantitative estimate of drug-likeness (QED) is 0.878. The first-order valence-electron chi connectivity index (χ1n) is 7.25. The Labute approximate surface area is 126 Å². The average molecular weight is 314 g/mol. The van der Waals surface area contributed by atoms with Crippen molar-refractivity contribution in [3.05, 3.63) is 29.1 Å². The minimum Gasteiger partial charge on any atom is -0.316 e. The molecule has 0 bridgehead atoms. The van der Waals surface area contributed by atoms with Gasteiger partial charge >= 0.3 is 0 Å². The van der Waals surface area contributed by atoms with E-state index in [4.69, 9.17) is 0 Å². The zero-order valence-electron chi connectivity index (χ0n) is 12.8. The second-order valence-electron chi connectivity index (χ2n) is 6.10. The minimum absolute atomic E-state index is 0.0425. The number of sulfonamides is 1. The number of nitrogens with one attached hydrogen (secondary N) is 2. The lowest BCUT2D eigenvalue weighted by Gasteiger charge is -2.25. The molecule has 118 valence electrons. The van der Waals surface area contributed by atoms with Crippen LogP contribution >= 0.6 is 0 Å². The lowest BCUT2D eigenvalue weighted by molar-refractivity contribution is 0.427. The van der Waals surface area contributed by atoms with Crippen molar-refractivity contribution in [1.29, 1.82) is 0 Å². The van der Waals surface area contributed by atoms with E-state index in [1.165, 1.54) is 13.0 Å². The summed E-state index contributed by atoms with van der Waals surface area (Å²) < 4.78 is 42.0. The average Bonchev–Trinajstić information content (AvgIpc) is 2.79. The van der Waals surface area contributed by atoms with Gasteiger partial charge in [-0.25, -0.2) is 17.5 Å². The summed E-state index contributed by atoms with van der Waals surface area (Å²) in [6.07, 6.45) is 3.69. The van der Waals surface area contributed by atoms with E-state index in [1.54, 1.807) is 13.1 Å². The molecule has 1 aliphatic carbocycles. The van der Waals surface area contributed by atoms with Crippen LogP contribution in [0.15, 0.2) is 17.0 Å². The molecule has 6 heteroatoms. The Kier molecular flexibility index (Phi) is 4.70. The van der Waals surface area contributed by atoms with Crippen LogP contribution in [0.2, 0.25) is 0 Å². The zero-order valence-corrected chi connectivity index (χ0v) is 13.6. The fourth-order valence-electron chi connectivity index (χ4n) is 2.93. The van der Waals surface area contributed by atoms with Gasteiger partial charge in [0.25, 0.3) is 0 Å². The smallest absolute Gasteiger partial charge is 0.241 e. The molecule has 1 aromatic carbocycles.